The SMILES string of the molecule is N#CC1(C2(O)CCCC2)CC2CCC1O2. The number of aliphatic hydroxyl groups is 1. The summed E-state index contributed by atoms with van der Waals surface area (Å²) in [5.41, 5.74) is -1.35. The summed E-state index contributed by atoms with van der Waals surface area (Å²) >= 11 is 0. The maximum Gasteiger partial charge on any atom is 0.114 e. The highest BCUT2D eigenvalue weighted by atomic mass is 16.5. The lowest BCUT2D eigenvalue weighted by Crippen LogP contribution is -2.51. The van der Waals surface area contributed by atoms with Gasteiger partial charge in [-0.05, 0) is 32.1 Å². The van der Waals surface area contributed by atoms with Crippen molar-refractivity contribution in [1.82, 2.24) is 0 Å². The van der Waals surface area contributed by atoms with Gasteiger partial charge in [0.05, 0.1) is 23.9 Å². The second kappa shape index (κ2) is 2.96. The molecule has 2 aliphatic heterocycles. The van der Waals surface area contributed by atoms with Gasteiger partial charge >= 0.3 is 0 Å². The van der Waals surface area contributed by atoms with Crippen molar-refractivity contribution in [3.8, 4) is 6.07 Å². The molecule has 15 heavy (non-hydrogen) atoms. The molecule has 0 aromatic heterocycles. The van der Waals surface area contributed by atoms with E-state index < -0.39 is 11.0 Å². The van der Waals surface area contributed by atoms with Crippen LogP contribution in [0.25, 0.3) is 0 Å². The van der Waals surface area contributed by atoms with Gasteiger partial charge in [-0.2, -0.15) is 5.26 Å². The van der Waals surface area contributed by atoms with E-state index in [1.54, 1.807) is 0 Å². The van der Waals surface area contributed by atoms with Gasteiger partial charge in [0.1, 0.15) is 5.41 Å². The molecule has 3 nitrogen and oxygen atoms in total. The fraction of sp³-hybridized carbons (Fsp3) is 0.917. The molecule has 2 heterocycles. The number of fused-ring (bicyclic) bond motifs is 2. The first-order valence-corrected chi connectivity index (χ1v) is 5.99. The lowest BCUT2D eigenvalue weighted by Gasteiger charge is -2.41. The van der Waals surface area contributed by atoms with Gasteiger partial charge in [0.15, 0.2) is 0 Å². The second-order valence-corrected chi connectivity index (χ2v) is 5.35. The molecular weight excluding hydrogens is 190 g/mol. The van der Waals surface area contributed by atoms with Crippen LogP contribution in [0.15, 0.2) is 0 Å². The largest absolute Gasteiger partial charge is 0.388 e. The minimum atomic E-state index is -0.762. The Labute approximate surface area is 90.0 Å². The van der Waals surface area contributed by atoms with Gasteiger partial charge in [0.2, 0.25) is 0 Å². The Kier molecular flexibility index (Phi) is 1.90. The average Bonchev–Trinajstić information content (AvgIpc) is 2.91. The normalized spacial score (nSPS) is 46.9. The minimum absolute atomic E-state index is 0.00407. The predicted octanol–water partition coefficient (Wildman–Crippen LogP) is 1.75. The van der Waals surface area contributed by atoms with Crippen molar-refractivity contribution in [2.45, 2.75) is 62.8 Å². The summed E-state index contributed by atoms with van der Waals surface area (Å²) in [5.74, 6) is 0. The van der Waals surface area contributed by atoms with Gasteiger partial charge < -0.3 is 9.84 Å². The zero-order valence-electron chi connectivity index (χ0n) is 8.91. The van der Waals surface area contributed by atoms with Crippen molar-refractivity contribution in [1.29, 1.82) is 5.26 Å². The second-order valence-electron chi connectivity index (χ2n) is 5.35. The van der Waals surface area contributed by atoms with Crippen molar-refractivity contribution in [2.75, 3.05) is 0 Å². The average molecular weight is 207 g/mol. The smallest absolute Gasteiger partial charge is 0.114 e. The lowest BCUT2D eigenvalue weighted by atomic mass is 9.63. The Hall–Kier alpha value is -0.590. The summed E-state index contributed by atoms with van der Waals surface area (Å²) in [6.07, 6.45) is 6.69. The van der Waals surface area contributed by atoms with Crippen LogP contribution in [0, 0.1) is 16.7 Å². The summed E-state index contributed by atoms with van der Waals surface area (Å²) < 4.78 is 5.77. The van der Waals surface area contributed by atoms with E-state index in [1.807, 2.05) is 0 Å². The molecule has 2 saturated heterocycles. The van der Waals surface area contributed by atoms with Gasteiger partial charge in [-0.15, -0.1) is 0 Å². The van der Waals surface area contributed by atoms with E-state index >= 15 is 0 Å². The lowest BCUT2D eigenvalue weighted by molar-refractivity contribution is -0.0799. The van der Waals surface area contributed by atoms with Crippen LogP contribution in [0.3, 0.4) is 0 Å². The van der Waals surface area contributed by atoms with E-state index in [1.165, 1.54) is 0 Å². The first-order valence-electron chi connectivity index (χ1n) is 5.99. The standard InChI is InChI=1S/C12H17NO2/c13-8-11(12(14)5-1-2-6-12)7-9-3-4-10(11)15-9/h9-10,14H,1-7H2. The molecule has 3 heteroatoms. The fourth-order valence-corrected chi connectivity index (χ4v) is 3.83. The predicted molar refractivity (Wildman–Crippen MR) is 54.0 cm³/mol. The van der Waals surface area contributed by atoms with E-state index in [2.05, 4.69) is 6.07 Å². The third kappa shape index (κ3) is 1.07. The zero-order valence-corrected chi connectivity index (χ0v) is 8.91. The van der Waals surface area contributed by atoms with Gasteiger partial charge in [-0.1, -0.05) is 12.8 Å². The van der Waals surface area contributed by atoms with E-state index in [0.29, 0.717) is 0 Å². The molecule has 3 atom stereocenters. The first kappa shape index (κ1) is 9.62. The molecule has 0 radical (unpaired) electrons. The first-order chi connectivity index (χ1) is 7.20. The van der Waals surface area contributed by atoms with E-state index in [0.717, 1.165) is 44.9 Å². The summed E-state index contributed by atoms with van der Waals surface area (Å²) in [6, 6.07) is 2.42. The molecule has 3 fully saturated rings. The molecule has 82 valence electrons. The van der Waals surface area contributed by atoms with Gasteiger partial charge in [0.25, 0.3) is 0 Å². The van der Waals surface area contributed by atoms with Gasteiger partial charge in [-0.25, -0.2) is 0 Å². The molecule has 3 rings (SSSR count). The van der Waals surface area contributed by atoms with Crippen molar-refractivity contribution >= 4 is 0 Å². The minimum Gasteiger partial charge on any atom is -0.388 e. The molecule has 0 aromatic carbocycles. The molecule has 0 amide bonds. The Bertz CT molecular complexity index is 316. The van der Waals surface area contributed by atoms with Crippen molar-refractivity contribution in [3.05, 3.63) is 0 Å². The van der Waals surface area contributed by atoms with Gasteiger partial charge in [0, 0.05) is 0 Å². The summed E-state index contributed by atoms with van der Waals surface area (Å²) in [5, 5.41) is 20.1. The topological polar surface area (TPSA) is 53.2 Å². The molecule has 1 saturated carbocycles. The highest BCUT2D eigenvalue weighted by Gasteiger charge is 2.63. The number of nitriles is 1. The van der Waals surface area contributed by atoms with Crippen LogP contribution in [0.2, 0.25) is 0 Å². The van der Waals surface area contributed by atoms with E-state index in [-0.39, 0.29) is 12.2 Å². The highest BCUT2D eigenvalue weighted by Crippen LogP contribution is 2.57. The molecule has 0 spiro atoms. The van der Waals surface area contributed by atoms with Crippen LogP contribution in [-0.4, -0.2) is 22.9 Å². The Morgan fingerprint density at radius 2 is 2.00 bits per heavy atom. The van der Waals surface area contributed by atoms with Gasteiger partial charge in [-0.3, -0.25) is 0 Å². The molecule has 2 bridgehead atoms. The highest BCUT2D eigenvalue weighted by molar-refractivity contribution is 5.21. The monoisotopic (exact) mass is 207 g/mol. The molecule has 1 N–H and O–H groups in total. The Balaban J connectivity index is 1.97. The Morgan fingerprint density at radius 3 is 2.47 bits per heavy atom. The number of rotatable bonds is 1. The fourth-order valence-electron chi connectivity index (χ4n) is 3.83. The molecule has 0 aromatic rings. The summed E-state index contributed by atoms with van der Waals surface area (Å²) in [7, 11) is 0. The van der Waals surface area contributed by atoms with Crippen LogP contribution in [0.4, 0.5) is 0 Å². The number of nitrogens with zero attached hydrogens (tertiary/aromatic N) is 1. The van der Waals surface area contributed by atoms with Crippen molar-refractivity contribution < 1.29 is 9.84 Å². The number of hydrogen-bond donors (Lipinski definition) is 1. The number of ether oxygens (including phenoxy) is 1. The molecule has 3 aliphatic rings. The molecular formula is C12H17NO2. The van der Waals surface area contributed by atoms with Crippen LogP contribution in [0.5, 0.6) is 0 Å². The maximum atomic E-state index is 10.7. The van der Waals surface area contributed by atoms with Crippen molar-refractivity contribution in [3.63, 3.8) is 0 Å². The van der Waals surface area contributed by atoms with Crippen LogP contribution >= 0.6 is 0 Å². The third-order valence-electron chi connectivity index (χ3n) is 4.67. The van der Waals surface area contributed by atoms with Crippen LogP contribution in [-0.2, 0) is 4.74 Å². The third-order valence-corrected chi connectivity index (χ3v) is 4.67. The summed E-state index contributed by atoms with van der Waals surface area (Å²) in [6.45, 7) is 0. The maximum absolute atomic E-state index is 10.7. The quantitative estimate of drug-likeness (QED) is 0.712. The van der Waals surface area contributed by atoms with E-state index in [4.69, 9.17) is 4.74 Å². The van der Waals surface area contributed by atoms with Crippen LogP contribution in [0.1, 0.15) is 44.9 Å². The Morgan fingerprint density at radius 1 is 1.27 bits per heavy atom. The molecule has 1 aliphatic carbocycles. The summed E-state index contributed by atoms with van der Waals surface area (Å²) in [4.78, 5) is 0. The van der Waals surface area contributed by atoms with E-state index in [9.17, 15) is 10.4 Å². The van der Waals surface area contributed by atoms with Crippen LogP contribution < -0.4 is 0 Å². The zero-order chi connectivity index (χ0) is 10.5. The number of hydrogen-bond acceptors (Lipinski definition) is 3. The molecule has 3 unspecified atom stereocenters. The van der Waals surface area contributed by atoms with Crippen molar-refractivity contribution in [2.24, 2.45) is 5.41 Å².